The first-order chi connectivity index (χ1) is 18.6. The zero-order valence-electron chi connectivity index (χ0n) is 22.5. The molecular formula is C29H35BF3N5O. The Labute approximate surface area is 229 Å². The van der Waals surface area contributed by atoms with Gasteiger partial charge in [0.1, 0.15) is 19.4 Å². The number of halogens is 3. The monoisotopic (exact) mass is 537 g/mol. The second-order valence-corrected chi connectivity index (χ2v) is 11.1. The molecule has 2 saturated carbocycles. The van der Waals surface area contributed by atoms with Crippen LogP contribution >= 0.6 is 0 Å². The molecule has 10 heteroatoms. The highest BCUT2D eigenvalue weighted by atomic mass is 19.4. The largest absolute Gasteiger partial charge is 0.573 e. The van der Waals surface area contributed by atoms with Crippen LogP contribution in [-0.2, 0) is 6.42 Å². The number of rotatable bonds is 10. The molecule has 2 radical (unpaired) electrons. The molecular weight excluding hydrogens is 502 g/mol. The fourth-order valence-electron chi connectivity index (χ4n) is 5.87. The SMILES string of the molecule is [B]c1ccc(CCCCNC2CCC3(CC2)CC3Nc2nc(N(C)C)c3ccccc3n2)c(OC(F)(F)F)c1. The van der Waals surface area contributed by atoms with Crippen molar-refractivity contribution < 1.29 is 17.9 Å². The number of unbranched alkanes of at least 4 members (excludes halogenated alkanes) is 1. The van der Waals surface area contributed by atoms with E-state index in [2.05, 4.69) is 21.4 Å². The Hall–Kier alpha value is -3.01. The molecule has 5 rings (SSSR count). The van der Waals surface area contributed by atoms with Crippen LogP contribution in [0.15, 0.2) is 42.5 Å². The number of nitrogens with zero attached hydrogens (tertiary/aromatic N) is 3. The van der Waals surface area contributed by atoms with E-state index in [1.165, 1.54) is 18.9 Å². The smallest absolute Gasteiger partial charge is 0.406 e. The Morgan fingerprint density at radius 2 is 1.85 bits per heavy atom. The summed E-state index contributed by atoms with van der Waals surface area (Å²) in [4.78, 5) is 11.6. The third-order valence-corrected chi connectivity index (χ3v) is 8.10. The van der Waals surface area contributed by atoms with E-state index in [-0.39, 0.29) is 11.2 Å². The van der Waals surface area contributed by atoms with E-state index in [0.29, 0.717) is 35.4 Å². The lowest BCUT2D eigenvalue weighted by molar-refractivity contribution is -0.274. The molecule has 2 aliphatic carbocycles. The minimum atomic E-state index is -4.73. The predicted molar refractivity (Wildman–Crippen MR) is 150 cm³/mol. The Morgan fingerprint density at radius 1 is 1.08 bits per heavy atom. The van der Waals surface area contributed by atoms with Gasteiger partial charge in [0.05, 0.1) is 5.52 Å². The minimum absolute atomic E-state index is 0.201. The third-order valence-electron chi connectivity index (χ3n) is 8.10. The van der Waals surface area contributed by atoms with Gasteiger partial charge in [-0.3, -0.25) is 0 Å². The zero-order chi connectivity index (χ0) is 27.6. The van der Waals surface area contributed by atoms with Crippen LogP contribution in [0.25, 0.3) is 10.9 Å². The van der Waals surface area contributed by atoms with Crippen molar-refractivity contribution in [2.45, 2.75) is 69.8 Å². The van der Waals surface area contributed by atoms with Crippen molar-refractivity contribution in [3.8, 4) is 5.75 Å². The van der Waals surface area contributed by atoms with Gasteiger partial charge in [-0.05, 0) is 87.1 Å². The second kappa shape index (κ2) is 11.2. The van der Waals surface area contributed by atoms with E-state index in [1.807, 2.05) is 37.2 Å². The first-order valence-electron chi connectivity index (χ1n) is 13.7. The van der Waals surface area contributed by atoms with Crippen molar-refractivity contribution >= 4 is 36.0 Å². The molecule has 2 fully saturated rings. The summed E-state index contributed by atoms with van der Waals surface area (Å²) in [6.45, 7) is 0.849. The molecule has 2 aromatic carbocycles. The number of hydrogen-bond donors (Lipinski definition) is 2. The lowest BCUT2D eigenvalue weighted by Crippen LogP contribution is -2.35. The molecule has 6 nitrogen and oxygen atoms in total. The fraction of sp³-hybridized carbons (Fsp3) is 0.517. The average Bonchev–Trinajstić information content (AvgIpc) is 3.55. The zero-order valence-corrected chi connectivity index (χ0v) is 22.5. The number of anilines is 2. The predicted octanol–water partition coefficient (Wildman–Crippen LogP) is 5.11. The van der Waals surface area contributed by atoms with E-state index in [1.54, 1.807) is 12.1 Å². The summed E-state index contributed by atoms with van der Waals surface area (Å²) >= 11 is 0. The number of nitrogens with one attached hydrogen (secondary N) is 2. The van der Waals surface area contributed by atoms with E-state index in [4.69, 9.17) is 17.8 Å². The maximum atomic E-state index is 12.7. The first-order valence-corrected chi connectivity index (χ1v) is 13.7. The summed E-state index contributed by atoms with van der Waals surface area (Å²) < 4.78 is 42.3. The maximum absolute atomic E-state index is 12.7. The summed E-state index contributed by atoms with van der Waals surface area (Å²) in [6.07, 6.45) is 3.18. The number of alkyl halides is 3. The topological polar surface area (TPSA) is 62.3 Å². The van der Waals surface area contributed by atoms with Crippen LogP contribution in [0.5, 0.6) is 5.75 Å². The molecule has 1 heterocycles. The number of para-hydroxylation sites is 1. The lowest BCUT2D eigenvalue weighted by Gasteiger charge is -2.30. The highest BCUT2D eigenvalue weighted by Crippen LogP contribution is 2.57. The van der Waals surface area contributed by atoms with Crippen molar-refractivity contribution in [2.24, 2.45) is 5.41 Å². The Morgan fingerprint density at radius 3 is 2.59 bits per heavy atom. The van der Waals surface area contributed by atoms with Gasteiger partial charge in [-0.1, -0.05) is 29.7 Å². The van der Waals surface area contributed by atoms with Crippen molar-refractivity contribution in [1.29, 1.82) is 0 Å². The molecule has 206 valence electrons. The highest BCUT2D eigenvalue weighted by molar-refractivity contribution is 6.32. The Bertz CT molecular complexity index is 1290. The van der Waals surface area contributed by atoms with Crippen LogP contribution in [0.1, 0.15) is 50.5 Å². The maximum Gasteiger partial charge on any atom is 0.573 e. The molecule has 1 atom stereocenters. The molecule has 3 aromatic rings. The van der Waals surface area contributed by atoms with Gasteiger partial charge in [0.15, 0.2) is 0 Å². The third kappa shape index (κ3) is 6.77. The molecule has 0 saturated heterocycles. The fourth-order valence-corrected chi connectivity index (χ4v) is 5.87. The van der Waals surface area contributed by atoms with Crippen LogP contribution in [0, 0.1) is 5.41 Å². The number of hydrogen-bond acceptors (Lipinski definition) is 6. The van der Waals surface area contributed by atoms with Gasteiger partial charge >= 0.3 is 6.36 Å². The van der Waals surface area contributed by atoms with Gasteiger partial charge in [0.25, 0.3) is 0 Å². The van der Waals surface area contributed by atoms with Gasteiger partial charge in [-0.2, -0.15) is 4.98 Å². The molecule has 1 aromatic heterocycles. The number of aryl methyl sites for hydroxylation is 1. The van der Waals surface area contributed by atoms with Crippen molar-refractivity contribution in [1.82, 2.24) is 15.3 Å². The first kappa shape index (κ1) is 27.6. The molecule has 0 amide bonds. The van der Waals surface area contributed by atoms with E-state index < -0.39 is 6.36 Å². The number of ether oxygens (including phenoxy) is 1. The van der Waals surface area contributed by atoms with Crippen molar-refractivity contribution in [2.75, 3.05) is 30.9 Å². The summed E-state index contributed by atoms with van der Waals surface area (Å²) in [6, 6.07) is 13.5. The number of aromatic nitrogens is 2. The number of fused-ring (bicyclic) bond motifs is 1. The summed E-state index contributed by atoms with van der Waals surface area (Å²) in [5.74, 6) is 1.42. The molecule has 39 heavy (non-hydrogen) atoms. The lowest BCUT2D eigenvalue weighted by atomic mass is 9.82. The second-order valence-electron chi connectivity index (χ2n) is 11.1. The number of benzene rings is 2. The summed E-state index contributed by atoms with van der Waals surface area (Å²) in [5, 5.41) is 8.33. The van der Waals surface area contributed by atoms with Gasteiger partial charge in [-0.25, -0.2) is 4.98 Å². The van der Waals surface area contributed by atoms with Gasteiger partial charge in [0, 0.05) is 31.6 Å². The van der Waals surface area contributed by atoms with E-state index >= 15 is 0 Å². The Kier molecular flexibility index (Phi) is 7.94. The van der Waals surface area contributed by atoms with Crippen molar-refractivity contribution in [3.63, 3.8) is 0 Å². The molecule has 1 unspecified atom stereocenters. The molecule has 2 aliphatic rings. The average molecular weight is 537 g/mol. The summed E-state index contributed by atoms with van der Waals surface area (Å²) in [7, 11) is 9.65. The molecule has 2 N–H and O–H groups in total. The Balaban J connectivity index is 1.05. The molecule has 1 spiro atoms. The van der Waals surface area contributed by atoms with Gasteiger partial charge in [-0.15, -0.1) is 13.2 Å². The minimum Gasteiger partial charge on any atom is -0.406 e. The highest BCUT2D eigenvalue weighted by Gasteiger charge is 2.55. The van der Waals surface area contributed by atoms with Gasteiger partial charge < -0.3 is 20.3 Å². The summed E-state index contributed by atoms with van der Waals surface area (Å²) in [5.41, 5.74) is 2.06. The van der Waals surface area contributed by atoms with E-state index in [0.717, 1.165) is 55.4 Å². The van der Waals surface area contributed by atoms with Crippen LogP contribution < -0.4 is 25.7 Å². The van der Waals surface area contributed by atoms with Gasteiger partial charge in [0.2, 0.25) is 5.95 Å². The standard InChI is InChI=1S/C29H35BF3N5O/c1-38(2)26-22-8-3-4-9-23(22)35-27(37-26)36-25-18-28(25)14-12-21(13-15-28)34-16-6-5-7-19-10-11-20(30)17-24(19)39-29(31,32)33/h3-4,8-11,17,21,25,34H,5-7,12-16,18H2,1-2H3,(H,35,36,37). The van der Waals surface area contributed by atoms with Crippen LogP contribution in [0.2, 0.25) is 0 Å². The van der Waals surface area contributed by atoms with Crippen LogP contribution in [-0.4, -0.2) is 56.9 Å². The molecule has 0 bridgehead atoms. The quantitative estimate of drug-likeness (QED) is 0.277. The van der Waals surface area contributed by atoms with Crippen molar-refractivity contribution in [3.05, 3.63) is 48.0 Å². The van der Waals surface area contributed by atoms with E-state index in [9.17, 15) is 13.2 Å². The van der Waals surface area contributed by atoms with Crippen LogP contribution in [0.4, 0.5) is 24.9 Å². The van der Waals surface area contributed by atoms with Crippen LogP contribution in [0.3, 0.4) is 0 Å². The molecule has 0 aliphatic heterocycles. The normalized spacial score (nSPS) is 22.7.